The van der Waals surface area contributed by atoms with Crippen molar-refractivity contribution in [1.29, 1.82) is 0 Å². The van der Waals surface area contributed by atoms with Gasteiger partial charge in [-0.15, -0.1) is 0 Å². The number of aryl methyl sites for hydroxylation is 2. The molecule has 9 nitrogen and oxygen atoms in total. The van der Waals surface area contributed by atoms with Crippen molar-refractivity contribution in [2.45, 2.75) is 51.6 Å². The van der Waals surface area contributed by atoms with E-state index in [-0.39, 0.29) is 28.8 Å². The maximum atomic E-state index is 14.2. The van der Waals surface area contributed by atoms with E-state index in [0.29, 0.717) is 18.7 Å². The van der Waals surface area contributed by atoms with E-state index < -0.39 is 28.5 Å². The van der Waals surface area contributed by atoms with Crippen molar-refractivity contribution in [2.24, 2.45) is 0 Å². The van der Waals surface area contributed by atoms with E-state index in [1.165, 1.54) is 37.3 Å². The van der Waals surface area contributed by atoms with Gasteiger partial charge in [0.05, 0.1) is 24.8 Å². The van der Waals surface area contributed by atoms with Crippen LogP contribution in [0.15, 0.2) is 71.6 Å². The van der Waals surface area contributed by atoms with Crippen LogP contribution >= 0.6 is 0 Å². The van der Waals surface area contributed by atoms with Crippen LogP contribution in [0.3, 0.4) is 0 Å². The molecule has 0 radical (unpaired) electrons. The van der Waals surface area contributed by atoms with Crippen LogP contribution in [0.5, 0.6) is 11.5 Å². The zero-order chi connectivity index (χ0) is 30.2. The number of nitrogens with zero attached hydrogens (tertiary/aromatic N) is 2. The fraction of sp³-hybridized carbons (Fsp3) is 0.355. The van der Waals surface area contributed by atoms with E-state index in [1.54, 1.807) is 24.3 Å². The zero-order valence-corrected chi connectivity index (χ0v) is 25.3. The van der Waals surface area contributed by atoms with Gasteiger partial charge >= 0.3 is 0 Å². The molecule has 3 aromatic rings. The molecule has 0 aromatic heterocycles. The van der Waals surface area contributed by atoms with Gasteiger partial charge in [-0.1, -0.05) is 54.4 Å². The van der Waals surface area contributed by atoms with Gasteiger partial charge in [0, 0.05) is 19.2 Å². The number of rotatable bonds is 13. The fourth-order valence-electron chi connectivity index (χ4n) is 4.56. The summed E-state index contributed by atoms with van der Waals surface area (Å²) in [6.45, 7) is 7.40. The maximum Gasteiger partial charge on any atom is 0.264 e. The number of hydrogen-bond acceptors (Lipinski definition) is 6. The molecule has 0 saturated heterocycles. The molecule has 220 valence electrons. The number of ether oxygens (including phenoxy) is 2. The Morgan fingerprint density at radius 1 is 0.902 bits per heavy atom. The molecule has 0 unspecified atom stereocenters. The van der Waals surface area contributed by atoms with E-state index in [0.717, 1.165) is 21.0 Å². The van der Waals surface area contributed by atoms with Crippen LogP contribution in [-0.2, 0) is 26.2 Å². The van der Waals surface area contributed by atoms with Gasteiger partial charge in [0.15, 0.2) is 0 Å². The molecule has 0 bridgehead atoms. The molecule has 1 N–H and O–H groups in total. The number of benzene rings is 3. The smallest absolute Gasteiger partial charge is 0.264 e. The summed E-state index contributed by atoms with van der Waals surface area (Å²) in [5, 5.41) is 2.81. The lowest BCUT2D eigenvalue weighted by atomic mass is 10.1. The van der Waals surface area contributed by atoms with Gasteiger partial charge in [0.25, 0.3) is 10.0 Å². The number of hydrogen-bond donors (Lipinski definition) is 1. The molecule has 0 aliphatic rings. The van der Waals surface area contributed by atoms with Gasteiger partial charge in [-0.3, -0.25) is 13.9 Å². The lowest BCUT2D eigenvalue weighted by Crippen LogP contribution is -2.52. The Bertz CT molecular complexity index is 1460. The number of likely N-dealkylation sites (N-methyl/N-ethyl adjacent to an activating group) is 1. The SMILES string of the molecule is CCNC(=O)[C@@H](CC)N(Cc1cccc(C)c1)C(=O)CN(c1cc(OC)ccc1OC)S(=O)(=O)c1ccc(C)cc1. The van der Waals surface area contributed by atoms with Crippen LogP contribution in [0.4, 0.5) is 5.69 Å². The molecule has 0 fully saturated rings. The molecule has 0 aliphatic carbocycles. The van der Waals surface area contributed by atoms with E-state index in [2.05, 4.69) is 5.32 Å². The number of sulfonamides is 1. The summed E-state index contributed by atoms with van der Waals surface area (Å²) in [7, 11) is -1.35. The number of carbonyl (C=O) groups is 2. The lowest BCUT2D eigenvalue weighted by molar-refractivity contribution is -0.140. The Morgan fingerprint density at radius 3 is 2.20 bits per heavy atom. The highest BCUT2D eigenvalue weighted by Gasteiger charge is 2.35. The molecule has 0 saturated carbocycles. The minimum Gasteiger partial charge on any atom is -0.497 e. The fourth-order valence-corrected chi connectivity index (χ4v) is 5.98. The Hall–Kier alpha value is -4.05. The molecule has 0 spiro atoms. The van der Waals surface area contributed by atoms with Gasteiger partial charge in [-0.25, -0.2) is 8.42 Å². The second kappa shape index (κ2) is 14.0. The van der Waals surface area contributed by atoms with E-state index in [4.69, 9.17) is 9.47 Å². The Kier molecular flexibility index (Phi) is 10.8. The average molecular weight is 582 g/mol. The molecular formula is C31H39N3O6S. The number of carbonyl (C=O) groups excluding carboxylic acids is 2. The Morgan fingerprint density at radius 2 is 1.61 bits per heavy atom. The maximum absolute atomic E-state index is 14.2. The first kappa shape index (κ1) is 31.5. The third-order valence-corrected chi connectivity index (χ3v) is 8.49. The molecule has 0 aliphatic heterocycles. The third kappa shape index (κ3) is 7.58. The van der Waals surface area contributed by atoms with Crippen molar-refractivity contribution in [3.8, 4) is 11.5 Å². The predicted octanol–water partition coefficient (Wildman–Crippen LogP) is 4.46. The average Bonchev–Trinajstić information content (AvgIpc) is 2.95. The Labute approximate surface area is 243 Å². The van der Waals surface area contributed by atoms with Crippen molar-refractivity contribution in [3.05, 3.63) is 83.4 Å². The van der Waals surface area contributed by atoms with E-state index in [1.807, 2.05) is 52.0 Å². The summed E-state index contributed by atoms with van der Waals surface area (Å²) in [6, 6.07) is 18.0. The van der Waals surface area contributed by atoms with Crippen molar-refractivity contribution in [3.63, 3.8) is 0 Å². The van der Waals surface area contributed by atoms with Crippen molar-refractivity contribution >= 4 is 27.5 Å². The third-order valence-electron chi connectivity index (χ3n) is 6.71. The van der Waals surface area contributed by atoms with Crippen LogP contribution in [0, 0.1) is 13.8 Å². The summed E-state index contributed by atoms with van der Waals surface area (Å²) in [5.74, 6) is -0.203. The van der Waals surface area contributed by atoms with Crippen LogP contribution in [0.2, 0.25) is 0 Å². The van der Waals surface area contributed by atoms with Crippen molar-refractivity contribution in [1.82, 2.24) is 10.2 Å². The molecule has 3 aromatic carbocycles. The molecule has 2 amide bonds. The topological polar surface area (TPSA) is 105 Å². The summed E-state index contributed by atoms with van der Waals surface area (Å²) in [6.07, 6.45) is 0.344. The van der Waals surface area contributed by atoms with Gasteiger partial charge in [0.2, 0.25) is 11.8 Å². The lowest BCUT2D eigenvalue weighted by Gasteiger charge is -2.33. The number of methoxy groups -OCH3 is 2. The van der Waals surface area contributed by atoms with Gasteiger partial charge < -0.3 is 19.7 Å². The van der Waals surface area contributed by atoms with Gasteiger partial charge in [-0.05, 0) is 57.0 Å². The van der Waals surface area contributed by atoms with Crippen molar-refractivity contribution in [2.75, 3.05) is 31.6 Å². The normalized spacial score (nSPS) is 11.9. The van der Waals surface area contributed by atoms with Crippen LogP contribution < -0.4 is 19.1 Å². The van der Waals surface area contributed by atoms with Crippen LogP contribution in [0.1, 0.15) is 37.0 Å². The van der Waals surface area contributed by atoms with Crippen LogP contribution in [0.25, 0.3) is 0 Å². The molecule has 41 heavy (non-hydrogen) atoms. The minimum atomic E-state index is -4.25. The zero-order valence-electron chi connectivity index (χ0n) is 24.5. The predicted molar refractivity (Wildman–Crippen MR) is 160 cm³/mol. The highest BCUT2D eigenvalue weighted by Crippen LogP contribution is 2.36. The second-order valence-corrected chi connectivity index (χ2v) is 11.6. The number of nitrogens with one attached hydrogen (secondary N) is 1. The molecule has 3 rings (SSSR count). The monoisotopic (exact) mass is 581 g/mol. The second-order valence-electron chi connectivity index (χ2n) is 9.69. The summed E-state index contributed by atoms with van der Waals surface area (Å²) < 4.78 is 40.2. The summed E-state index contributed by atoms with van der Waals surface area (Å²) in [4.78, 5) is 28.7. The molecular weight excluding hydrogens is 542 g/mol. The van der Waals surface area contributed by atoms with E-state index in [9.17, 15) is 18.0 Å². The molecule has 10 heteroatoms. The quantitative estimate of drug-likeness (QED) is 0.320. The molecule has 0 heterocycles. The van der Waals surface area contributed by atoms with Gasteiger partial charge in [-0.2, -0.15) is 0 Å². The highest BCUT2D eigenvalue weighted by molar-refractivity contribution is 7.92. The highest BCUT2D eigenvalue weighted by atomic mass is 32.2. The summed E-state index contributed by atoms with van der Waals surface area (Å²) >= 11 is 0. The summed E-state index contributed by atoms with van der Waals surface area (Å²) in [5.41, 5.74) is 2.86. The standard InChI is InChI=1S/C31H39N3O6S/c1-7-27(31(36)32-8-2)33(20-24-11-9-10-23(4)18-24)30(35)21-34(28-19-25(39-5)14-17-29(28)40-6)41(37,38)26-15-12-22(3)13-16-26/h9-19,27H,7-8,20-21H2,1-6H3,(H,32,36)/t27-/m1/s1. The van der Waals surface area contributed by atoms with Crippen LogP contribution in [-0.4, -0.2) is 58.5 Å². The van der Waals surface area contributed by atoms with E-state index >= 15 is 0 Å². The number of anilines is 1. The van der Waals surface area contributed by atoms with Crippen molar-refractivity contribution < 1.29 is 27.5 Å². The van der Waals surface area contributed by atoms with Gasteiger partial charge in [0.1, 0.15) is 24.1 Å². The number of amides is 2. The Balaban J connectivity index is 2.15. The first-order valence-electron chi connectivity index (χ1n) is 13.5. The first-order valence-corrected chi connectivity index (χ1v) is 14.9. The first-order chi connectivity index (χ1) is 19.5. The largest absolute Gasteiger partial charge is 0.497 e. The molecule has 1 atom stereocenters. The minimum absolute atomic E-state index is 0.0155.